The Balaban J connectivity index is 1.86. The molecular formula is C11H16ClNO2S. The molecule has 3 nitrogen and oxygen atoms in total. The third-order valence-electron chi connectivity index (χ3n) is 2.96. The van der Waals surface area contributed by atoms with Crippen molar-refractivity contribution in [2.45, 2.75) is 13.0 Å². The van der Waals surface area contributed by atoms with Gasteiger partial charge in [0, 0.05) is 17.5 Å². The van der Waals surface area contributed by atoms with E-state index in [4.69, 9.17) is 16.3 Å². The van der Waals surface area contributed by atoms with E-state index in [9.17, 15) is 5.11 Å². The van der Waals surface area contributed by atoms with Gasteiger partial charge in [-0.05, 0) is 19.1 Å². The highest BCUT2D eigenvalue weighted by Gasteiger charge is 2.38. The van der Waals surface area contributed by atoms with Crippen LogP contribution in [0.25, 0.3) is 0 Å². The predicted octanol–water partition coefficient (Wildman–Crippen LogP) is 2.06. The summed E-state index contributed by atoms with van der Waals surface area (Å²) in [6, 6.07) is 4.21. The van der Waals surface area contributed by atoms with Gasteiger partial charge in [0.1, 0.15) is 0 Å². The number of halogens is 1. The van der Waals surface area contributed by atoms with Crippen LogP contribution < -0.4 is 5.32 Å². The molecule has 1 aromatic heterocycles. The van der Waals surface area contributed by atoms with Crippen LogP contribution >= 0.6 is 22.9 Å². The minimum absolute atomic E-state index is 0.0741. The molecule has 0 aromatic carbocycles. The first-order chi connectivity index (χ1) is 7.65. The number of hydrogen-bond acceptors (Lipinski definition) is 4. The van der Waals surface area contributed by atoms with E-state index < -0.39 is 0 Å². The van der Waals surface area contributed by atoms with Gasteiger partial charge in [0.25, 0.3) is 0 Å². The number of hydrogen-bond donors (Lipinski definition) is 2. The highest BCUT2D eigenvalue weighted by Crippen LogP contribution is 2.29. The summed E-state index contributed by atoms with van der Waals surface area (Å²) in [5, 5.41) is 12.7. The van der Waals surface area contributed by atoms with E-state index in [2.05, 4.69) is 12.2 Å². The van der Waals surface area contributed by atoms with Crippen molar-refractivity contribution in [2.24, 2.45) is 5.41 Å². The summed E-state index contributed by atoms with van der Waals surface area (Å²) in [4.78, 5) is 1.22. The molecule has 0 spiro atoms. The molecule has 1 aliphatic heterocycles. The summed E-state index contributed by atoms with van der Waals surface area (Å²) in [6.07, 6.45) is 0. The number of nitrogens with one attached hydrogen (secondary N) is 1. The van der Waals surface area contributed by atoms with E-state index in [0.29, 0.717) is 13.2 Å². The van der Waals surface area contributed by atoms with E-state index in [1.165, 1.54) is 4.88 Å². The van der Waals surface area contributed by atoms with Crippen LogP contribution in [-0.4, -0.2) is 31.5 Å². The number of ether oxygens (including phenoxy) is 1. The van der Waals surface area contributed by atoms with Crippen LogP contribution in [0.2, 0.25) is 4.34 Å². The zero-order valence-corrected chi connectivity index (χ0v) is 10.8. The zero-order chi connectivity index (χ0) is 11.6. The van der Waals surface area contributed by atoms with Gasteiger partial charge in [-0.25, -0.2) is 0 Å². The lowest BCUT2D eigenvalue weighted by atomic mass is 9.87. The normalized spacial score (nSPS) is 20.4. The highest BCUT2D eigenvalue weighted by atomic mass is 35.5. The van der Waals surface area contributed by atoms with E-state index in [1.807, 2.05) is 12.1 Å². The molecule has 1 fully saturated rings. The molecule has 1 aromatic rings. The average molecular weight is 262 g/mol. The predicted molar refractivity (Wildman–Crippen MR) is 66.1 cm³/mol. The molecule has 1 saturated heterocycles. The summed E-state index contributed by atoms with van der Waals surface area (Å²) in [7, 11) is 0. The third-order valence-corrected chi connectivity index (χ3v) is 4.37. The van der Waals surface area contributed by atoms with Crippen LogP contribution in [0.1, 0.15) is 17.8 Å². The molecule has 90 valence electrons. The van der Waals surface area contributed by atoms with Crippen LogP contribution in [0.4, 0.5) is 0 Å². The molecule has 0 bridgehead atoms. The molecule has 1 unspecified atom stereocenters. The summed E-state index contributed by atoms with van der Waals surface area (Å²) in [5.74, 6) is 0. The molecule has 2 rings (SSSR count). The fourth-order valence-corrected chi connectivity index (χ4v) is 2.76. The Labute approximate surface area is 104 Å². The van der Waals surface area contributed by atoms with Crippen LogP contribution in [-0.2, 0) is 4.74 Å². The van der Waals surface area contributed by atoms with Crippen LogP contribution in [0.5, 0.6) is 0 Å². The zero-order valence-electron chi connectivity index (χ0n) is 9.20. The molecule has 0 amide bonds. The van der Waals surface area contributed by atoms with Crippen molar-refractivity contribution in [3.8, 4) is 0 Å². The Kier molecular flexibility index (Phi) is 3.87. The van der Waals surface area contributed by atoms with Gasteiger partial charge in [-0.2, -0.15) is 0 Å². The summed E-state index contributed by atoms with van der Waals surface area (Å²) < 4.78 is 5.97. The van der Waals surface area contributed by atoms with E-state index >= 15 is 0 Å². The Morgan fingerprint density at radius 2 is 2.38 bits per heavy atom. The SMILES string of the molecule is CC(NCC1(CO)COC1)c1ccc(Cl)s1. The second kappa shape index (κ2) is 5.02. The van der Waals surface area contributed by atoms with Gasteiger partial charge in [-0.15, -0.1) is 11.3 Å². The topological polar surface area (TPSA) is 41.5 Å². The second-order valence-electron chi connectivity index (χ2n) is 4.40. The lowest BCUT2D eigenvalue weighted by Crippen LogP contribution is -2.52. The highest BCUT2D eigenvalue weighted by molar-refractivity contribution is 7.16. The van der Waals surface area contributed by atoms with Crippen molar-refractivity contribution in [1.82, 2.24) is 5.32 Å². The van der Waals surface area contributed by atoms with Crippen molar-refractivity contribution in [3.05, 3.63) is 21.3 Å². The maximum atomic E-state index is 9.29. The van der Waals surface area contributed by atoms with Crippen molar-refractivity contribution in [2.75, 3.05) is 26.4 Å². The monoisotopic (exact) mass is 261 g/mol. The average Bonchev–Trinajstić information content (AvgIpc) is 2.64. The van der Waals surface area contributed by atoms with Gasteiger partial charge in [-0.3, -0.25) is 0 Å². The lowest BCUT2D eigenvalue weighted by Gasteiger charge is -2.40. The maximum absolute atomic E-state index is 9.29. The molecular weight excluding hydrogens is 246 g/mol. The molecule has 5 heteroatoms. The quantitative estimate of drug-likeness (QED) is 0.853. The number of thiophene rings is 1. The first-order valence-corrected chi connectivity index (χ1v) is 6.52. The summed E-state index contributed by atoms with van der Waals surface area (Å²) in [5.41, 5.74) is -0.0741. The Morgan fingerprint density at radius 3 is 2.81 bits per heavy atom. The van der Waals surface area contributed by atoms with Crippen LogP contribution in [0, 0.1) is 5.41 Å². The lowest BCUT2D eigenvalue weighted by molar-refractivity contribution is -0.135. The molecule has 0 radical (unpaired) electrons. The first kappa shape index (κ1) is 12.3. The van der Waals surface area contributed by atoms with Gasteiger partial charge < -0.3 is 15.2 Å². The number of rotatable bonds is 5. The molecule has 0 aliphatic carbocycles. The summed E-state index contributed by atoms with van der Waals surface area (Å²) >= 11 is 7.48. The van der Waals surface area contributed by atoms with Gasteiger partial charge in [0.2, 0.25) is 0 Å². The second-order valence-corrected chi connectivity index (χ2v) is 6.14. The van der Waals surface area contributed by atoms with Crippen LogP contribution in [0.3, 0.4) is 0 Å². The fourth-order valence-electron chi connectivity index (χ4n) is 1.67. The van der Waals surface area contributed by atoms with Crippen LogP contribution in [0.15, 0.2) is 12.1 Å². The fraction of sp³-hybridized carbons (Fsp3) is 0.636. The Bertz CT molecular complexity index is 346. The minimum atomic E-state index is -0.0741. The third kappa shape index (κ3) is 2.57. The van der Waals surface area contributed by atoms with Crippen molar-refractivity contribution >= 4 is 22.9 Å². The first-order valence-electron chi connectivity index (χ1n) is 5.32. The Morgan fingerprint density at radius 1 is 1.62 bits per heavy atom. The molecule has 1 aliphatic rings. The standard InChI is InChI=1S/C11H16ClNO2S/c1-8(9-2-3-10(12)16-9)13-4-11(5-14)6-15-7-11/h2-3,8,13-14H,4-7H2,1H3. The van der Waals surface area contributed by atoms with Crippen molar-refractivity contribution in [1.29, 1.82) is 0 Å². The number of aliphatic hydroxyl groups excluding tert-OH is 1. The Hall–Kier alpha value is -0.130. The van der Waals surface area contributed by atoms with Gasteiger partial charge in [0.15, 0.2) is 0 Å². The molecule has 16 heavy (non-hydrogen) atoms. The molecule has 2 N–H and O–H groups in total. The van der Waals surface area contributed by atoms with E-state index in [0.717, 1.165) is 10.9 Å². The minimum Gasteiger partial charge on any atom is -0.396 e. The van der Waals surface area contributed by atoms with E-state index in [1.54, 1.807) is 11.3 Å². The van der Waals surface area contributed by atoms with Crippen molar-refractivity contribution in [3.63, 3.8) is 0 Å². The van der Waals surface area contributed by atoms with Gasteiger partial charge in [0.05, 0.1) is 29.6 Å². The van der Waals surface area contributed by atoms with Gasteiger partial charge >= 0.3 is 0 Å². The van der Waals surface area contributed by atoms with E-state index in [-0.39, 0.29) is 18.1 Å². The smallest absolute Gasteiger partial charge is 0.0931 e. The molecule has 2 heterocycles. The van der Waals surface area contributed by atoms with Crippen molar-refractivity contribution < 1.29 is 9.84 Å². The molecule has 1 atom stereocenters. The van der Waals surface area contributed by atoms with Gasteiger partial charge in [-0.1, -0.05) is 11.6 Å². The summed E-state index contributed by atoms with van der Waals surface area (Å²) in [6.45, 7) is 4.35. The maximum Gasteiger partial charge on any atom is 0.0931 e. The number of aliphatic hydroxyl groups is 1. The molecule has 0 saturated carbocycles. The largest absolute Gasteiger partial charge is 0.396 e.